The van der Waals surface area contributed by atoms with Gasteiger partial charge in [0.25, 0.3) is 6.43 Å². The highest BCUT2D eigenvalue weighted by atomic mass is 79.9. The predicted octanol–water partition coefficient (Wildman–Crippen LogP) is 4.24. The highest BCUT2D eigenvalue weighted by Crippen LogP contribution is 2.32. The standard InChI is InChI=1S/C9H6BrClF2O/c1-4(14)6-2-5(9(12)13)3-7(11)8(6)10/h2-3,9H,1H3. The summed E-state index contributed by atoms with van der Waals surface area (Å²) in [6.07, 6.45) is -2.63. The third-order valence-corrected chi connectivity index (χ3v) is 3.06. The molecular weight excluding hydrogens is 277 g/mol. The zero-order valence-corrected chi connectivity index (χ0v) is 9.49. The summed E-state index contributed by atoms with van der Waals surface area (Å²) in [5.41, 5.74) is -0.0730. The number of hydrogen-bond donors (Lipinski definition) is 0. The molecular formula is C9H6BrClF2O. The van der Waals surface area contributed by atoms with Crippen molar-refractivity contribution >= 4 is 33.3 Å². The Balaban J connectivity index is 3.35. The summed E-state index contributed by atoms with van der Waals surface area (Å²) in [5.74, 6) is -0.304. The van der Waals surface area contributed by atoms with E-state index in [1.54, 1.807) is 0 Å². The van der Waals surface area contributed by atoms with Gasteiger partial charge in [0.2, 0.25) is 0 Å². The van der Waals surface area contributed by atoms with E-state index in [1.165, 1.54) is 6.92 Å². The van der Waals surface area contributed by atoms with Gasteiger partial charge in [-0.2, -0.15) is 0 Å². The van der Waals surface area contributed by atoms with Crippen LogP contribution in [0, 0.1) is 0 Å². The highest BCUT2D eigenvalue weighted by molar-refractivity contribution is 9.10. The van der Waals surface area contributed by atoms with Gasteiger partial charge in [-0.15, -0.1) is 0 Å². The zero-order chi connectivity index (χ0) is 10.9. The summed E-state index contributed by atoms with van der Waals surface area (Å²) in [6, 6.07) is 2.28. The van der Waals surface area contributed by atoms with Crippen molar-refractivity contribution in [3.8, 4) is 0 Å². The van der Waals surface area contributed by atoms with E-state index in [1.807, 2.05) is 0 Å². The van der Waals surface area contributed by atoms with Gasteiger partial charge in [-0.05, 0) is 35.0 Å². The van der Waals surface area contributed by atoms with E-state index in [0.29, 0.717) is 4.47 Å². The molecule has 0 bridgehead atoms. The SMILES string of the molecule is CC(=O)c1cc(C(F)F)cc(Cl)c1Br. The molecule has 1 nitrogen and oxygen atoms in total. The second-order valence-corrected chi connectivity index (χ2v) is 3.92. The second-order valence-electron chi connectivity index (χ2n) is 2.72. The average Bonchev–Trinajstić information content (AvgIpc) is 2.08. The number of hydrogen-bond acceptors (Lipinski definition) is 1. The van der Waals surface area contributed by atoms with Crippen LogP contribution in [-0.4, -0.2) is 5.78 Å². The molecule has 76 valence electrons. The lowest BCUT2D eigenvalue weighted by Gasteiger charge is -2.06. The molecule has 0 aliphatic carbocycles. The second kappa shape index (κ2) is 4.36. The summed E-state index contributed by atoms with van der Waals surface area (Å²) >= 11 is 8.74. The number of Topliss-reactive ketones (excluding diaryl/α,β-unsaturated/α-hetero) is 1. The first-order valence-corrected chi connectivity index (χ1v) is 4.88. The molecule has 0 aromatic heterocycles. The third-order valence-electron chi connectivity index (χ3n) is 1.68. The Morgan fingerprint density at radius 1 is 1.50 bits per heavy atom. The van der Waals surface area contributed by atoms with Crippen LogP contribution in [0.25, 0.3) is 0 Å². The van der Waals surface area contributed by atoms with Crippen molar-refractivity contribution in [2.24, 2.45) is 0 Å². The van der Waals surface area contributed by atoms with E-state index >= 15 is 0 Å². The lowest BCUT2D eigenvalue weighted by molar-refractivity contribution is 0.101. The van der Waals surface area contributed by atoms with Gasteiger partial charge < -0.3 is 0 Å². The monoisotopic (exact) mass is 282 g/mol. The van der Waals surface area contributed by atoms with Crippen molar-refractivity contribution in [3.63, 3.8) is 0 Å². The third kappa shape index (κ3) is 2.30. The molecule has 1 aromatic rings. The van der Waals surface area contributed by atoms with Gasteiger partial charge in [0.1, 0.15) is 0 Å². The summed E-state index contributed by atoms with van der Waals surface area (Å²) in [4.78, 5) is 11.1. The largest absolute Gasteiger partial charge is 0.294 e. The van der Waals surface area contributed by atoms with Crippen LogP contribution in [0.2, 0.25) is 5.02 Å². The quantitative estimate of drug-likeness (QED) is 0.742. The van der Waals surface area contributed by atoms with Crippen LogP contribution >= 0.6 is 27.5 Å². The number of carbonyl (C=O) groups excluding carboxylic acids is 1. The summed E-state index contributed by atoms with van der Waals surface area (Å²) in [5, 5.41) is 0.119. The summed E-state index contributed by atoms with van der Waals surface area (Å²) in [7, 11) is 0. The van der Waals surface area contributed by atoms with Crippen LogP contribution in [0.15, 0.2) is 16.6 Å². The Morgan fingerprint density at radius 3 is 2.50 bits per heavy atom. The number of benzene rings is 1. The number of rotatable bonds is 2. The normalized spacial score (nSPS) is 10.7. The minimum atomic E-state index is -2.63. The maximum absolute atomic E-state index is 12.3. The van der Waals surface area contributed by atoms with Gasteiger partial charge in [-0.25, -0.2) is 8.78 Å². The predicted molar refractivity (Wildman–Crippen MR) is 54.1 cm³/mol. The van der Waals surface area contributed by atoms with Crippen molar-refractivity contribution in [1.82, 2.24) is 0 Å². The molecule has 0 N–H and O–H groups in total. The molecule has 0 radical (unpaired) electrons. The Morgan fingerprint density at radius 2 is 2.07 bits per heavy atom. The van der Waals surface area contributed by atoms with Crippen molar-refractivity contribution in [3.05, 3.63) is 32.8 Å². The van der Waals surface area contributed by atoms with Crippen molar-refractivity contribution in [1.29, 1.82) is 0 Å². The van der Waals surface area contributed by atoms with Crippen LogP contribution in [0.3, 0.4) is 0 Å². The Labute approximate surface area is 93.2 Å². The first-order valence-electron chi connectivity index (χ1n) is 3.71. The van der Waals surface area contributed by atoms with Crippen molar-refractivity contribution in [2.45, 2.75) is 13.3 Å². The van der Waals surface area contributed by atoms with Crippen LogP contribution in [0.1, 0.15) is 29.3 Å². The molecule has 14 heavy (non-hydrogen) atoms. The maximum Gasteiger partial charge on any atom is 0.263 e. The van der Waals surface area contributed by atoms with Gasteiger partial charge in [0.05, 0.1) is 5.02 Å². The number of ketones is 1. The smallest absolute Gasteiger partial charge is 0.263 e. The number of halogens is 4. The van der Waals surface area contributed by atoms with Gasteiger partial charge in [-0.1, -0.05) is 11.6 Å². The summed E-state index contributed by atoms with van der Waals surface area (Å²) in [6.45, 7) is 1.30. The fourth-order valence-electron chi connectivity index (χ4n) is 0.992. The van der Waals surface area contributed by atoms with E-state index in [4.69, 9.17) is 11.6 Å². The van der Waals surface area contributed by atoms with Crippen LogP contribution in [0.5, 0.6) is 0 Å². The lowest BCUT2D eigenvalue weighted by Crippen LogP contribution is -1.97. The van der Waals surface area contributed by atoms with Gasteiger partial charge in [0, 0.05) is 15.6 Å². The average molecular weight is 283 g/mol. The Hall–Kier alpha value is -0.480. The molecule has 0 fully saturated rings. The van der Waals surface area contributed by atoms with E-state index in [9.17, 15) is 13.6 Å². The topological polar surface area (TPSA) is 17.1 Å². The Bertz CT molecular complexity index is 379. The molecule has 0 aliphatic heterocycles. The van der Waals surface area contributed by atoms with E-state index in [0.717, 1.165) is 12.1 Å². The molecule has 0 unspecified atom stereocenters. The minimum absolute atomic E-state index is 0.119. The van der Waals surface area contributed by atoms with E-state index in [2.05, 4.69) is 15.9 Å². The van der Waals surface area contributed by atoms with Gasteiger partial charge in [0.15, 0.2) is 5.78 Å². The van der Waals surface area contributed by atoms with Crippen LogP contribution in [0.4, 0.5) is 8.78 Å². The number of carbonyl (C=O) groups is 1. The lowest BCUT2D eigenvalue weighted by atomic mass is 10.1. The first kappa shape index (κ1) is 11.6. The Kier molecular flexibility index (Phi) is 3.61. The molecule has 5 heteroatoms. The van der Waals surface area contributed by atoms with Crippen LogP contribution in [-0.2, 0) is 0 Å². The molecule has 1 aromatic carbocycles. The van der Waals surface area contributed by atoms with E-state index < -0.39 is 6.43 Å². The molecule has 0 spiro atoms. The molecule has 1 rings (SSSR count). The summed E-state index contributed by atoms with van der Waals surface area (Å²) < 4.78 is 25.0. The zero-order valence-electron chi connectivity index (χ0n) is 7.15. The van der Waals surface area contributed by atoms with E-state index in [-0.39, 0.29) is 21.9 Å². The first-order chi connectivity index (χ1) is 6.43. The molecule has 0 saturated carbocycles. The maximum atomic E-state index is 12.3. The fourth-order valence-corrected chi connectivity index (χ4v) is 1.73. The van der Waals surface area contributed by atoms with Gasteiger partial charge >= 0.3 is 0 Å². The van der Waals surface area contributed by atoms with Gasteiger partial charge in [-0.3, -0.25) is 4.79 Å². The molecule has 0 heterocycles. The molecule has 0 saturated heterocycles. The number of alkyl halides is 2. The van der Waals surface area contributed by atoms with Crippen molar-refractivity contribution in [2.75, 3.05) is 0 Å². The fraction of sp³-hybridized carbons (Fsp3) is 0.222. The van der Waals surface area contributed by atoms with Crippen LogP contribution < -0.4 is 0 Å². The molecule has 0 amide bonds. The molecule has 0 aliphatic rings. The minimum Gasteiger partial charge on any atom is -0.294 e. The van der Waals surface area contributed by atoms with Crippen molar-refractivity contribution < 1.29 is 13.6 Å². The molecule has 0 atom stereocenters. The highest BCUT2D eigenvalue weighted by Gasteiger charge is 2.15.